The Kier molecular flexibility index (Phi) is 6.59. The van der Waals surface area contributed by atoms with E-state index in [0.717, 1.165) is 0 Å². The standard InChI is InChI=1S/C16H19N3S.2ClH/c1-18(2)11-5-7-13-15(9-11)20-16-10-12(19(3)4)6-8-14(16)17-13;;/h5-10,17H,1-4H3;2*1H. The molecule has 0 unspecified atom stereocenters. The molecular formula is C16H21Cl2N3S. The maximum Gasteiger partial charge on any atom is 0.132 e. The molecule has 0 fully saturated rings. The lowest BCUT2D eigenvalue weighted by atomic mass is 10.2. The van der Waals surface area contributed by atoms with Crippen LogP contribution in [0.25, 0.3) is 0 Å². The fraction of sp³-hybridized carbons (Fsp3) is 0.250. The predicted molar refractivity (Wildman–Crippen MR) is 85.2 cm³/mol. The normalized spacial score (nSPS) is 11.9. The summed E-state index contributed by atoms with van der Waals surface area (Å²) in [6.45, 7) is 0. The van der Waals surface area contributed by atoms with Crippen LogP contribution >= 0.6 is 11.8 Å². The Hall–Kier alpha value is -0.910. The van der Waals surface area contributed by atoms with Crippen LogP contribution in [0.15, 0.2) is 46.2 Å². The van der Waals surface area contributed by atoms with Crippen LogP contribution in [0.2, 0.25) is 0 Å². The molecule has 0 aliphatic carbocycles. The Morgan fingerprint density at radius 2 is 1.14 bits per heavy atom. The van der Waals surface area contributed by atoms with Crippen molar-refractivity contribution in [2.24, 2.45) is 0 Å². The smallest absolute Gasteiger partial charge is 0.132 e. The highest BCUT2D eigenvalue weighted by Crippen LogP contribution is 2.45. The molecule has 22 heavy (non-hydrogen) atoms. The molecule has 1 aliphatic rings. The van der Waals surface area contributed by atoms with Crippen LogP contribution in [0.5, 0.6) is 0 Å². The molecule has 2 aromatic rings. The Balaban J connectivity index is 0.00000121. The van der Waals surface area contributed by atoms with Crippen LogP contribution in [0.4, 0.5) is 22.7 Å². The van der Waals surface area contributed by atoms with Gasteiger partial charge in [-0.15, -0.1) is 0 Å². The first-order chi connectivity index (χ1) is 9.54. The molecule has 3 rings (SSSR count). The van der Waals surface area contributed by atoms with E-state index in [0.29, 0.717) is 0 Å². The minimum atomic E-state index is 0. The second-order valence-corrected chi connectivity index (χ2v) is 6.73. The minimum Gasteiger partial charge on any atom is -1.00 e. The topological polar surface area (TPSA) is 20.9 Å². The Labute approximate surface area is 148 Å². The summed E-state index contributed by atoms with van der Waals surface area (Å²) in [7, 11) is 8.63. The summed E-state index contributed by atoms with van der Waals surface area (Å²) in [5.74, 6) is 0. The van der Waals surface area contributed by atoms with Crippen LogP contribution < -0.4 is 39.9 Å². The molecule has 0 saturated heterocycles. The molecule has 0 atom stereocenters. The SMILES string of the molecule is C[NH+](C)c1ccc2c(c1)Sc1cc([NH+](C)C)ccc1N2.[Cl-].[Cl-]. The lowest BCUT2D eigenvalue weighted by Gasteiger charge is -2.22. The first kappa shape index (κ1) is 19.1. The number of anilines is 2. The number of hydrogen-bond acceptors (Lipinski definition) is 2. The van der Waals surface area contributed by atoms with E-state index in [-0.39, 0.29) is 24.8 Å². The summed E-state index contributed by atoms with van der Waals surface area (Å²) in [4.78, 5) is 5.32. The number of benzene rings is 2. The first-order valence-electron chi connectivity index (χ1n) is 6.88. The Bertz CT molecular complexity index is 604. The summed E-state index contributed by atoms with van der Waals surface area (Å²) < 4.78 is 0. The third-order valence-corrected chi connectivity index (χ3v) is 4.72. The van der Waals surface area contributed by atoms with Gasteiger partial charge in [0, 0.05) is 34.1 Å². The lowest BCUT2D eigenvalue weighted by Crippen LogP contribution is -3.00. The van der Waals surface area contributed by atoms with Crippen LogP contribution in [-0.2, 0) is 0 Å². The number of rotatable bonds is 2. The van der Waals surface area contributed by atoms with Crippen molar-refractivity contribution in [3.8, 4) is 0 Å². The van der Waals surface area contributed by atoms with Crippen molar-refractivity contribution in [2.45, 2.75) is 9.79 Å². The zero-order valence-electron chi connectivity index (χ0n) is 13.1. The van der Waals surface area contributed by atoms with Crippen LogP contribution in [0.1, 0.15) is 0 Å². The molecule has 2 aromatic carbocycles. The van der Waals surface area contributed by atoms with E-state index in [2.05, 4.69) is 69.9 Å². The van der Waals surface area contributed by atoms with Gasteiger partial charge in [0.25, 0.3) is 0 Å². The van der Waals surface area contributed by atoms with Gasteiger partial charge in [0.05, 0.1) is 39.6 Å². The van der Waals surface area contributed by atoms with Crippen LogP contribution in [0, 0.1) is 0 Å². The maximum absolute atomic E-state index is 3.53. The van der Waals surface area contributed by atoms with Crippen molar-refractivity contribution >= 4 is 34.5 Å². The van der Waals surface area contributed by atoms with Crippen molar-refractivity contribution in [3.05, 3.63) is 36.4 Å². The molecule has 1 heterocycles. The molecule has 0 spiro atoms. The van der Waals surface area contributed by atoms with Crippen molar-refractivity contribution in [1.82, 2.24) is 0 Å². The first-order valence-corrected chi connectivity index (χ1v) is 7.70. The van der Waals surface area contributed by atoms with Crippen LogP contribution in [-0.4, -0.2) is 28.2 Å². The van der Waals surface area contributed by atoms with Gasteiger partial charge in [-0.2, -0.15) is 0 Å². The number of nitrogens with one attached hydrogen (secondary N) is 3. The van der Waals surface area contributed by atoms with E-state index in [1.54, 1.807) is 0 Å². The van der Waals surface area contributed by atoms with Gasteiger partial charge < -0.3 is 39.9 Å². The van der Waals surface area contributed by atoms with Gasteiger partial charge in [-0.1, -0.05) is 11.8 Å². The predicted octanol–water partition coefficient (Wildman–Crippen LogP) is -4.55. The van der Waals surface area contributed by atoms with Gasteiger partial charge in [0.2, 0.25) is 0 Å². The third-order valence-electron chi connectivity index (χ3n) is 3.61. The van der Waals surface area contributed by atoms with Gasteiger partial charge in [0.1, 0.15) is 11.4 Å². The highest BCUT2D eigenvalue weighted by atomic mass is 35.5. The molecule has 1 aliphatic heterocycles. The quantitative estimate of drug-likeness (QED) is 0.429. The lowest BCUT2D eigenvalue weighted by molar-refractivity contribution is -0.786. The molecule has 0 radical (unpaired) electrons. The van der Waals surface area contributed by atoms with E-state index in [1.165, 1.54) is 42.3 Å². The third kappa shape index (κ3) is 3.70. The van der Waals surface area contributed by atoms with E-state index in [9.17, 15) is 0 Å². The summed E-state index contributed by atoms with van der Waals surface area (Å²) >= 11 is 1.86. The molecule has 3 N–H and O–H groups in total. The maximum atomic E-state index is 3.53. The minimum absolute atomic E-state index is 0. The molecule has 0 aromatic heterocycles. The monoisotopic (exact) mass is 357 g/mol. The molecular weight excluding hydrogens is 337 g/mol. The molecule has 0 amide bonds. The van der Waals surface area contributed by atoms with Crippen LogP contribution in [0.3, 0.4) is 0 Å². The second-order valence-electron chi connectivity index (χ2n) is 5.65. The largest absolute Gasteiger partial charge is 1.00 e. The molecule has 120 valence electrons. The second kappa shape index (κ2) is 7.57. The highest BCUT2D eigenvalue weighted by molar-refractivity contribution is 7.99. The fourth-order valence-electron chi connectivity index (χ4n) is 2.31. The Morgan fingerprint density at radius 3 is 1.50 bits per heavy atom. The average molecular weight is 358 g/mol. The zero-order chi connectivity index (χ0) is 14.3. The zero-order valence-corrected chi connectivity index (χ0v) is 15.5. The van der Waals surface area contributed by atoms with E-state index < -0.39 is 0 Å². The molecule has 6 heteroatoms. The number of fused-ring (bicyclic) bond motifs is 2. The summed E-state index contributed by atoms with van der Waals surface area (Å²) in [5.41, 5.74) is 5.04. The summed E-state index contributed by atoms with van der Waals surface area (Å²) in [5, 5.41) is 3.53. The van der Waals surface area contributed by atoms with Crippen molar-refractivity contribution < 1.29 is 34.6 Å². The number of quaternary nitrogens is 2. The summed E-state index contributed by atoms with van der Waals surface area (Å²) in [6.07, 6.45) is 0. The van der Waals surface area contributed by atoms with E-state index in [1.807, 2.05) is 11.8 Å². The number of hydrogen-bond donors (Lipinski definition) is 3. The summed E-state index contributed by atoms with van der Waals surface area (Å²) in [6, 6.07) is 13.3. The average Bonchev–Trinajstić information content (AvgIpc) is 2.43. The Morgan fingerprint density at radius 1 is 0.727 bits per heavy atom. The van der Waals surface area contributed by atoms with E-state index >= 15 is 0 Å². The van der Waals surface area contributed by atoms with Gasteiger partial charge >= 0.3 is 0 Å². The van der Waals surface area contributed by atoms with Crippen molar-refractivity contribution in [1.29, 1.82) is 0 Å². The molecule has 0 saturated carbocycles. The van der Waals surface area contributed by atoms with Gasteiger partial charge in [-0.05, 0) is 12.1 Å². The van der Waals surface area contributed by atoms with Crippen molar-refractivity contribution in [2.75, 3.05) is 33.5 Å². The van der Waals surface area contributed by atoms with E-state index in [4.69, 9.17) is 0 Å². The highest BCUT2D eigenvalue weighted by Gasteiger charge is 2.18. The molecule has 0 bridgehead atoms. The van der Waals surface area contributed by atoms with Crippen molar-refractivity contribution in [3.63, 3.8) is 0 Å². The van der Waals surface area contributed by atoms with Gasteiger partial charge in [0.15, 0.2) is 0 Å². The fourth-order valence-corrected chi connectivity index (χ4v) is 3.37. The molecule has 3 nitrogen and oxygen atoms in total. The van der Waals surface area contributed by atoms with Gasteiger partial charge in [-0.3, -0.25) is 0 Å². The number of halogens is 2. The van der Waals surface area contributed by atoms with Gasteiger partial charge in [-0.25, -0.2) is 0 Å².